The number of nitrogens with two attached hydrogens (primary N) is 1. The SMILES string of the molecule is CO[C@H]1CCCN(C(=O)CCn2cc(C)cn2)[C@H]1CCC(N)=O. The monoisotopic (exact) mass is 322 g/mol. The molecular weight excluding hydrogens is 296 g/mol. The number of carbonyl (C=O) groups is 2. The quantitative estimate of drug-likeness (QED) is 0.806. The number of primary amides is 1. The Morgan fingerprint density at radius 3 is 2.83 bits per heavy atom. The molecule has 7 heteroatoms. The Morgan fingerprint density at radius 1 is 1.43 bits per heavy atom. The van der Waals surface area contributed by atoms with Gasteiger partial charge in [-0.05, 0) is 31.7 Å². The first-order valence-electron chi connectivity index (χ1n) is 8.11. The van der Waals surface area contributed by atoms with Crippen molar-refractivity contribution >= 4 is 11.8 Å². The van der Waals surface area contributed by atoms with Crippen molar-refractivity contribution in [2.75, 3.05) is 13.7 Å². The number of aryl methyl sites for hydroxylation is 2. The first-order valence-corrected chi connectivity index (χ1v) is 8.11. The zero-order chi connectivity index (χ0) is 16.8. The highest BCUT2D eigenvalue weighted by atomic mass is 16.5. The van der Waals surface area contributed by atoms with Gasteiger partial charge < -0.3 is 15.4 Å². The Kier molecular flexibility index (Phi) is 6.15. The number of amides is 2. The van der Waals surface area contributed by atoms with Crippen molar-refractivity contribution in [3.8, 4) is 0 Å². The molecule has 2 atom stereocenters. The summed E-state index contributed by atoms with van der Waals surface area (Å²) in [5, 5.41) is 4.20. The van der Waals surface area contributed by atoms with Gasteiger partial charge in [-0.2, -0.15) is 5.10 Å². The van der Waals surface area contributed by atoms with Gasteiger partial charge in [0.05, 0.1) is 18.3 Å². The van der Waals surface area contributed by atoms with Crippen LogP contribution in [0.15, 0.2) is 12.4 Å². The lowest BCUT2D eigenvalue weighted by molar-refractivity contribution is -0.141. The molecule has 0 radical (unpaired) electrons. The van der Waals surface area contributed by atoms with Crippen molar-refractivity contribution in [1.82, 2.24) is 14.7 Å². The molecule has 0 unspecified atom stereocenters. The van der Waals surface area contributed by atoms with Crippen molar-refractivity contribution in [3.05, 3.63) is 18.0 Å². The van der Waals surface area contributed by atoms with Crippen LogP contribution in [-0.4, -0.2) is 52.3 Å². The molecule has 2 N–H and O–H groups in total. The average Bonchev–Trinajstić information content (AvgIpc) is 2.95. The number of aromatic nitrogens is 2. The van der Waals surface area contributed by atoms with E-state index >= 15 is 0 Å². The molecule has 1 fully saturated rings. The van der Waals surface area contributed by atoms with Crippen LogP contribution in [0.4, 0.5) is 0 Å². The standard InChI is InChI=1S/C16H26N4O3/c1-12-10-18-19(11-12)9-7-16(22)20-8-3-4-14(23-2)13(20)5-6-15(17)21/h10-11,13-14H,3-9H2,1-2H3,(H2,17,21)/t13-,14-/m0/s1. The van der Waals surface area contributed by atoms with Gasteiger partial charge in [0.1, 0.15) is 0 Å². The van der Waals surface area contributed by atoms with Gasteiger partial charge >= 0.3 is 0 Å². The third-order valence-corrected chi connectivity index (χ3v) is 4.34. The fourth-order valence-corrected chi connectivity index (χ4v) is 3.18. The van der Waals surface area contributed by atoms with Crippen molar-refractivity contribution in [2.45, 2.75) is 57.7 Å². The maximum atomic E-state index is 12.6. The second kappa shape index (κ2) is 8.10. The summed E-state index contributed by atoms with van der Waals surface area (Å²) in [4.78, 5) is 25.6. The van der Waals surface area contributed by atoms with Crippen LogP contribution in [0.25, 0.3) is 0 Å². The number of carbonyl (C=O) groups excluding carboxylic acids is 2. The summed E-state index contributed by atoms with van der Waals surface area (Å²) in [6, 6.07) is -0.0758. The molecule has 0 aliphatic carbocycles. The van der Waals surface area contributed by atoms with Crippen LogP contribution < -0.4 is 5.73 Å². The third kappa shape index (κ3) is 4.79. The summed E-state index contributed by atoms with van der Waals surface area (Å²) in [5.74, 6) is -0.265. The van der Waals surface area contributed by atoms with Crippen molar-refractivity contribution in [1.29, 1.82) is 0 Å². The number of hydrogen-bond donors (Lipinski definition) is 1. The minimum Gasteiger partial charge on any atom is -0.379 e. The number of nitrogens with zero attached hydrogens (tertiary/aromatic N) is 3. The Bertz CT molecular complexity index is 543. The van der Waals surface area contributed by atoms with Gasteiger partial charge in [0.25, 0.3) is 0 Å². The highest BCUT2D eigenvalue weighted by Crippen LogP contribution is 2.24. The van der Waals surface area contributed by atoms with Crippen LogP contribution >= 0.6 is 0 Å². The first-order chi connectivity index (χ1) is 11.0. The Hall–Kier alpha value is -1.89. The average molecular weight is 322 g/mol. The Labute approximate surface area is 136 Å². The fourth-order valence-electron chi connectivity index (χ4n) is 3.18. The summed E-state index contributed by atoms with van der Waals surface area (Å²) in [6.45, 7) is 3.24. The van der Waals surface area contributed by atoms with Gasteiger partial charge in [-0.3, -0.25) is 14.3 Å². The molecule has 2 amide bonds. The molecule has 23 heavy (non-hydrogen) atoms. The van der Waals surface area contributed by atoms with E-state index in [1.807, 2.05) is 18.0 Å². The number of methoxy groups -OCH3 is 1. The van der Waals surface area contributed by atoms with E-state index in [1.54, 1.807) is 18.0 Å². The van der Waals surface area contributed by atoms with E-state index in [2.05, 4.69) is 5.10 Å². The zero-order valence-electron chi connectivity index (χ0n) is 13.9. The molecule has 0 aromatic carbocycles. The maximum Gasteiger partial charge on any atom is 0.224 e. The van der Waals surface area contributed by atoms with Crippen LogP contribution in [0.3, 0.4) is 0 Å². The summed E-state index contributed by atoms with van der Waals surface area (Å²) >= 11 is 0. The predicted octanol–water partition coefficient (Wildman–Crippen LogP) is 0.853. The molecule has 1 saturated heterocycles. The molecule has 1 aromatic rings. The number of likely N-dealkylation sites (tertiary alicyclic amines) is 1. The van der Waals surface area contributed by atoms with E-state index in [0.29, 0.717) is 25.9 Å². The number of ether oxygens (including phenoxy) is 1. The minimum atomic E-state index is -0.343. The number of hydrogen-bond acceptors (Lipinski definition) is 4. The molecule has 1 aliphatic heterocycles. The second-order valence-corrected chi connectivity index (χ2v) is 6.11. The van der Waals surface area contributed by atoms with E-state index in [1.165, 1.54) is 0 Å². The molecule has 1 aliphatic rings. The molecule has 1 aromatic heterocycles. The third-order valence-electron chi connectivity index (χ3n) is 4.34. The van der Waals surface area contributed by atoms with Crippen molar-refractivity contribution in [3.63, 3.8) is 0 Å². The zero-order valence-corrected chi connectivity index (χ0v) is 13.9. The van der Waals surface area contributed by atoms with E-state index < -0.39 is 0 Å². The highest BCUT2D eigenvalue weighted by Gasteiger charge is 2.34. The largest absolute Gasteiger partial charge is 0.379 e. The van der Waals surface area contributed by atoms with E-state index in [-0.39, 0.29) is 30.4 Å². The Morgan fingerprint density at radius 2 is 2.22 bits per heavy atom. The normalized spacial score (nSPS) is 21.4. The molecule has 0 spiro atoms. The van der Waals surface area contributed by atoms with Crippen LogP contribution in [0, 0.1) is 6.92 Å². The lowest BCUT2D eigenvalue weighted by Crippen LogP contribution is -2.52. The van der Waals surface area contributed by atoms with Gasteiger partial charge in [-0.1, -0.05) is 0 Å². The van der Waals surface area contributed by atoms with Crippen molar-refractivity contribution in [2.24, 2.45) is 5.73 Å². The van der Waals surface area contributed by atoms with Gasteiger partial charge in [-0.15, -0.1) is 0 Å². The van der Waals surface area contributed by atoms with Gasteiger partial charge in [0.15, 0.2) is 0 Å². The molecule has 2 rings (SSSR count). The molecule has 0 saturated carbocycles. The molecule has 0 bridgehead atoms. The van der Waals surface area contributed by atoms with E-state index in [0.717, 1.165) is 18.4 Å². The minimum absolute atomic E-state index is 0.0287. The summed E-state index contributed by atoms with van der Waals surface area (Å²) in [5.41, 5.74) is 6.34. The predicted molar refractivity (Wildman–Crippen MR) is 85.5 cm³/mol. The molecule has 7 nitrogen and oxygen atoms in total. The van der Waals surface area contributed by atoms with Crippen LogP contribution in [0.5, 0.6) is 0 Å². The van der Waals surface area contributed by atoms with E-state index in [9.17, 15) is 9.59 Å². The number of piperidine rings is 1. The first kappa shape index (κ1) is 17.5. The smallest absolute Gasteiger partial charge is 0.224 e. The summed E-state index contributed by atoms with van der Waals surface area (Å²) < 4.78 is 7.30. The van der Waals surface area contributed by atoms with Gasteiger partial charge in [0, 0.05) is 39.2 Å². The molecular formula is C16H26N4O3. The molecule has 2 heterocycles. The number of rotatable bonds is 7. The van der Waals surface area contributed by atoms with Crippen LogP contribution in [0.2, 0.25) is 0 Å². The Balaban J connectivity index is 1.97. The van der Waals surface area contributed by atoms with E-state index in [4.69, 9.17) is 10.5 Å². The maximum absolute atomic E-state index is 12.6. The summed E-state index contributed by atoms with van der Waals surface area (Å²) in [6.07, 6.45) is 6.71. The summed E-state index contributed by atoms with van der Waals surface area (Å²) in [7, 11) is 1.66. The molecule has 128 valence electrons. The topological polar surface area (TPSA) is 90.4 Å². The fraction of sp³-hybridized carbons (Fsp3) is 0.688. The van der Waals surface area contributed by atoms with Crippen LogP contribution in [-0.2, 0) is 20.9 Å². The van der Waals surface area contributed by atoms with Gasteiger partial charge in [0.2, 0.25) is 11.8 Å². The lowest BCUT2D eigenvalue weighted by Gasteiger charge is -2.40. The van der Waals surface area contributed by atoms with Crippen LogP contribution in [0.1, 0.15) is 37.7 Å². The van der Waals surface area contributed by atoms with Gasteiger partial charge in [-0.25, -0.2) is 0 Å². The van der Waals surface area contributed by atoms with Crippen molar-refractivity contribution < 1.29 is 14.3 Å². The lowest BCUT2D eigenvalue weighted by atomic mass is 9.94. The second-order valence-electron chi connectivity index (χ2n) is 6.11. The highest BCUT2D eigenvalue weighted by molar-refractivity contribution is 5.77.